The van der Waals surface area contributed by atoms with E-state index in [1.54, 1.807) is 30.3 Å². The molecule has 1 aromatic heterocycles. The lowest BCUT2D eigenvalue weighted by atomic mass is 10.1. The van der Waals surface area contributed by atoms with Gasteiger partial charge in [0.2, 0.25) is 15.9 Å². The molecule has 0 saturated heterocycles. The van der Waals surface area contributed by atoms with Crippen LogP contribution in [0.15, 0.2) is 60.1 Å². The molecule has 0 aliphatic carbocycles. The van der Waals surface area contributed by atoms with Crippen molar-refractivity contribution in [3.63, 3.8) is 0 Å². The lowest BCUT2D eigenvalue weighted by Crippen LogP contribution is -2.40. The number of nitrogens with zero attached hydrogens (tertiary/aromatic N) is 2. The van der Waals surface area contributed by atoms with Gasteiger partial charge >= 0.3 is 0 Å². The van der Waals surface area contributed by atoms with Gasteiger partial charge in [0.15, 0.2) is 0 Å². The van der Waals surface area contributed by atoms with Crippen LogP contribution in [0.1, 0.15) is 18.4 Å². The first-order chi connectivity index (χ1) is 15.2. The minimum absolute atomic E-state index is 0.281. The van der Waals surface area contributed by atoms with Gasteiger partial charge in [0.25, 0.3) is 5.56 Å². The van der Waals surface area contributed by atoms with Crippen LogP contribution in [0, 0.1) is 0 Å². The summed E-state index contributed by atoms with van der Waals surface area (Å²) in [7, 11) is -3.87. The summed E-state index contributed by atoms with van der Waals surface area (Å²) in [4.78, 5) is 39.9. The first-order valence-electron chi connectivity index (χ1n) is 9.72. The number of carbonyl (C=O) groups is 2. The molecule has 0 bridgehead atoms. The molecule has 11 nitrogen and oxygen atoms in total. The molecule has 1 atom stereocenters. The molecule has 2 rings (SSSR count). The minimum Gasteiger partial charge on any atom is -0.386 e. The molecule has 172 valence electrons. The maximum absolute atomic E-state index is 12.6. The van der Waals surface area contributed by atoms with Crippen molar-refractivity contribution in [2.24, 2.45) is 5.73 Å². The molecule has 32 heavy (non-hydrogen) atoms. The third-order valence-electron chi connectivity index (χ3n) is 4.23. The molecular weight excluding hydrogens is 436 g/mol. The number of aromatic nitrogens is 2. The number of anilines is 1. The van der Waals surface area contributed by atoms with Crippen LogP contribution in [0.2, 0.25) is 0 Å². The summed E-state index contributed by atoms with van der Waals surface area (Å²) in [5, 5.41) is 5.33. The lowest BCUT2D eigenvalue weighted by Gasteiger charge is -2.14. The predicted molar refractivity (Wildman–Crippen MR) is 120 cm³/mol. The molecule has 0 radical (unpaired) electrons. The number of hydrogen-bond donors (Lipinski definition) is 4. The summed E-state index contributed by atoms with van der Waals surface area (Å²) in [6.45, 7) is 3.55. The van der Waals surface area contributed by atoms with E-state index in [1.165, 1.54) is 0 Å². The Morgan fingerprint density at radius 2 is 2.00 bits per heavy atom. The molecular formula is C20H26N6O5S. The summed E-state index contributed by atoms with van der Waals surface area (Å²) in [5.41, 5.74) is 4.92. The fourth-order valence-corrected chi connectivity index (χ4v) is 3.96. The second-order valence-electron chi connectivity index (χ2n) is 6.99. The number of rotatable bonds is 13. The highest BCUT2D eigenvalue weighted by Crippen LogP contribution is 2.08. The van der Waals surface area contributed by atoms with Gasteiger partial charge in [-0.3, -0.25) is 18.9 Å². The van der Waals surface area contributed by atoms with Crippen LogP contribution < -0.4 is 26.6 Å². The quantitative estimate of drug-likeness (QED) is 0.232. The third-order valence-corrected chi connectivity index (χ3v) is 5.48. The first kappa shape index (κ1) is 24.6. The standard InChI is InChI=1S/C20H26N6O5S/c1-15(21)23-9-5-8-17(12-27)24-19(28)11-26-14-22-10-18(20(26)29)25-32(30,31)13-16-6-3-2-4-7-16/h2-4,6-7,10,12,14,17,23,25H,1,5,8-9,11,13,21H2,(H,24,28). The van der Waals surface area contributed by atoms with Crippen LogP contribution in [0.4, 0.5) is 5.69 Å². The van der Waals surface area contributed by atoms with E-state index in [4.69, 9.17) is 5.73 Å². The monoisotopic (exact) mass is 462 g/mol. The predicted octanol–water partition coefficient (Wildman–Crippen LogP) is -0.331. The maximum Gasteiger partial charge on any atom is 0.278 e. The molecule has 12 heteroatoms. The normalized spacial score (nSPS) is 11.9. The summed E-state index contributed by atoms with van der Waals surface area (Å²) in [6, 6.07) is 7.73. The summed E-state index contributed by atoms with van der Waals surface area (Å²) >= 11 is 0. The van der Waals surface area contributed by atoms with Crippen molar-refractivity contribution in [2.75, 3.05) is 11.3 Å². The number of nitrogens with one attached hydrogen (secondary N) is 3. The number of hydrogen-bond acceptors (Lipinski definition) is 8. The molecule has 1 aromatic carbocycles. The van der Waals surface area contributed by atoms with Crippen molar-refractivity contribution < 1.29 is 18.0 Å². The van der Waals surface area contributed by atoms with E-state index in [2.05, 4.69) is 26.9 Å². The van der Waals surface area contributed by atoms with E-state index in [0.29, 0.717) is 37.1 Å². The fourth-order valence-electron chi connectivity index (χ4n) is 2.78. The van der Waals surface area contributed by atoms with Crippen LogP contribution in [-0.2, 0) is 31.9 Å². The van der Waals surface area contributed by atoms with Gasteiger partial charge < -0.3 is 21.2 Å². The van der Waals surface area contributed by atoms with E-state index >= 15 is 0 Å². The van der Waals surface area contributed by atoms with Gasteiger partial charge in [-0.15, -0.1) is 0 Å². The zero-order valence-electron chi connectivity index (χ0n) is 17.4. The molecule has 2 aromatic rings. The lowest BCUT2D eigenvalue weighted by molar-refractivity contribution is -0.124. The number of benzene rings is 1. The second-order valence-corrected chi connectivity index (χ2v) is 8.71. The molecule has 0 aliphatic rings. The third kappa shape index (κ3) is 8.22. The summed E-state index contributed by atoms with van der Waals surface area (Å²) in [6.07, 6.45) is 3.71. The molecule has 0 saturated carbocycles. The van der Waals surface area contributed by atoms with Crippen LogP contribution in [0.5, 0.6) is 0 Å². The van der Waals surface area contributed by atoms with E-state index in [1.807, 2.05) is 0 Å². The Labute approximate surface area is 185 Å². The van der Waals surface area contributed by atoms with Crippen molar-refractivity contribution >= 4 is 27.9 Å². The van der Waals surface area contributed by atoms with Gasteiger partial charge in [-0.1, -0.05) is 36.9 Å². The van der Waals surface area contributed by atoms with Crippen LogP contribution in [0.3, 0.4) is 0 Å². The van der Waals surface area contributed by atoms with E-state index in [9.17, 15) is 22.8 Å². The molecule has 0 fully saturated rings. The van der Waals surface area contributed by atoms with Crippen LogP contribution in [0.25, 0.3) is 0 Å². The van der Waals surface area contributed by atoms with Gasteiger partial charge in [0.05, 0.1) is 30.1 Å². The largest absolute Gasteiger partial charge is 0.386 e. The average Bonchev–Trinajstić information content (AvgIpc) is 2.73. The highest BCUT2D eigenvalue weighted by Gasteiger charge is 2.17. The van der Waals surface area contributed by atoms with Crippen LogP contribution in [-0.4, -0.2) is 42.7 Å². The van der Waals surface area contributed by atoms with Gasteiger partial charge in [-0.25, -0.2) is 13.4 Å². The van der Waals surface area contributed by atoms with Crippen molar-refractivity contribution in [3.8, 4) is 0 Å². The Kier molecular flexibility index (Phi) is 8.95. The number of sulfonamides is 1. The number of amides is 1. The van der Waals surface area contributed by atoms with Gasteiger partial charge in [-0.05, 0) is 18.4 Å². The molecule has 1 heterocycles. The Balaban J connectivity index is 1.99. The van der Waals surface area contributed by atoms with Crippen molar-refractivity contribution in [2.45, 2.75) is 31.2 Å². The van der Waals surface area contributed by atoms with E-state index < -0.39 is 34.1 Å². The maximum atomic E-state index is 12.6. The smallest absolute Gasteiger partial charge is 0.278 e. The Hall–Kier alpha value is -3.67. The second kappa shape index (κ2) is 11.6. The minimum atomic E-state index is -3.87. The molecule has 5 N–H and O–H groups in total. The highest BCUT2D eigenvalue weighted by atomic mass is 32.2. The molecule has 1 unspecified atom stereocenters. The molecule has 0 aliphatic heterocycles. The number of aldehydes is 1. The first-order valence-corrected chi connectivity index (χ1v) is 11.4. The van der Waals surface area contributed by atoms with E-state index in [0.717, 1.165) is 17.1 Å². The summed E-state index contributed by atoms with van der Waals surface area (Å²) < 4.78 is 27.9. The van der Waals surface area contributed by atoms with Gasteiger partial charge in [-0.2, -0.15) is 0 Å². The zero-order valence-corrected chi connectivity index (χ0v) is 18.2. The van der Waals surface area contributed by atoms with E-state index in [-0.39, 0.29) is 11.4 Å². The SMILES string of the molecule is C=C(N)NCCCC(C=O)NC(=O)Cn1cncc(NS(=O)(=O)Cc2ccccc2)c1=O. The van der Waals surface area contributed by atoms with Crippen molar-refractivity contribution in [3.05, 3.63) is 71.2 Å². The Morgan fingerprint density at radius 1 is 1.28 bits per heavy atom. The molecule has 1 amide bonds. The van der Waals surface area contributed by atoms with Crippen LogP contribution >= 0.6 is 0 Å². The Morgan fingerprint density at radius 3 is 2.66 bits per heavy atom. The number of carbonyl (C=O) groups excluding carboxylic acids is 2. The average molecular weight is 463 g/mol. The van der Waals surface area contributed by atoms with Crippen molar-refractivity contribution in [1.82, 2.24) is 20.2 Å². The van der Waals surface area contributed by atoms with Gasteiger partial charge in [0.1, 0.15) is 18.5 Å². The topological polar surface area (TPSA) is 165 Å². The number of nitrogens with two attached hydrogens (primary N) is 1. The summed E-state index contributed by atoms with van der Waals surface area (Å²) in [5.74, 6) is -0.606. The van der Waals surface area contributed by atoms with Crippen molar-refractivity contribution in [1.29, 1.82) is 0 Å². The fraction of sp³-hybridized carbons (Fsp3) is 0.300. The van der Waals surface area contributed by atoms with Gasteiger partial charge in [0, 0.05) is 6.54 Å². The Bertz CT molecular complexity index is 1100. The molecule has 0 spiro atoms. The zero-order chi connectivity index (χ0) is 23.6. The highest BCUT2D eigenvalue weighted by molar-refractivity contribution is 7.91.